The van der Waals surface area contributed by atoms with Gasteiger partial charge in [0.2, 0.25) is 0 Å². The molecule has 2 aromatic heterocycles. The van der Waals surface area contributed by atoms with E-state index < -0.39 is 0 Å². The van der Waals surface area contributed by atoms with Crippen molar-refractivity contribution in [2.75, 3.05) is 32.7 Å². The highest BCUT2D eigenvalue weighted by atomic mass is 32.1. The zero-order valence-electron chi connectivity index (χ0n) is 18.1. The van der Waals surface area contributed by atoms with Crippen LogP contribution in [0.3, 0.4) is 0 Å². The highest BCUT2D eigenvalue weighted by molar-refractivity contribution is 7.09. The van der Waals surface area contributed by atoms with Gasteiger partial charge in [-0.15, -0.1) is 11.3 Å². The largest absolute Gasteiger partial charge is 0.351 e. The first-order valence-corrected chi connectivity index (χ1v) is 11.1. The lowest BCUT2D eigenvalue weighted by molar-refractivity contribution is -1.02. The normalized spacial score (nSPS) is 20.4. The molecule has 28 heavy (non-hydrogen) atoms. The van der Waals surface area contributed by atoms with Gasteiger partial charge in [-0.1, -0.05) is 0 Å². The summed E-state index contributed by atoms with van der Waals surface area (Å²) in [6.07, 6.45) is 0. The van der Waals surface area contributed by atoms with Crippen LogP contribution in [-0.2, 0) is 18.4 Å². The van der Waals surface area contributed by atoms with Crippen LogP contribution in [0.5, 0.6) is 0 Å². The quantitative estimate of drug-likeness (QED) is 0.654. The molecule has 7 heteroatoms. The van der Waals surface area contributed by atoms with Crippen LogP contribution >= 0.6 is 11.3 Å². The van der Waals surface area contributed by atoms with E-state index >= 15 is 0 Å². The molecular formula is C21H35N5OS+2. The number of rotatable bonds is 5. The lowest BCUT2D eigenvalue weighted by Gasteiger charge is -2.29. The van der Waals surface area contributed by atoms with E-state index in [0.29, 0.717) is 6.54 Å². The topological polar surface area (TPSA) is 55.8 Å². The van der Waals surface area contributed by atoms with Crippen LogP contribution in [0.25, 0.3) is 11.3 Å². The molecule has 0 saturated carbocycles. The van der Waals surface area contributed by atoms with Gasteiger partial charge in [0.15, 0.2) is 6.54 Å². The minimum atomic E-state index is -0.151. The van der Waals surface area contributed by atoms with Gasteiger partial charge in [-0.3, -0.25) is 4.79 Å². The van der Waals surface area contributed by atoms with Crippen molar-refractivity contribution >= 4 is 17.2 Å². The first-order chi connectivity index (χ1) is 13.1. The molecule has 0 radical (unpaired) electrons. The third-order valence-corrected chi connectivity index (χ3v) is 6.44. The summed E-state index contributed by atoms with van der Waals surface area (Å²) in [5, 5.41) is 6.47. The summed E-state index contributed by atoms with van der Waals surface area (Å²) in [6, 6.07) is 2.23. The van der Waals surface area contributed by atoms with Crippen LogP contribution < -0.4 is 15.1 Å². The second-order valence-corrected chi connectivity index (χ2v) is 10.1. The van der Waals surface area contributed by atoms with E-state index in [1.807, 2.05) is 20.8 Å². The molecule has 0 atom stereocenters. The number of thiazole rings is 1. The number of carbonyl (C=O) groups is 1. The molecule has 1 saturated heterocycles. The highest BCUT2D eigenvalue weighted by Gasteiger charge is 2.27. The summed E-state index contributed by atoms with van der Waals surface area (Å²) < 4.78 is 2.22. The number of hydrogen-bond donors (Lipinski definition) is 3. The number of amides is 1. The third kappa shape index (κ3) is 5.21. The number of quaternary nitrogens is 2. The van der Waals surface area contributed by atoms with Crippen LogP contribution in [0.15, 0.2) is 11.4 Å². The number of aromatic nitrogens is 2. The maximum Gasteiger partial charge on any atom is 0.275 e. The molecule has 0 bridgehead atoms. The van der Waals surface area contributed by atoms with E-state index in [4.69, 9.17) is 4.98 Å². The Bertz CT molecular complexity index is 824. The molecule has 1 aliphatic heterocycles. The average Bonchev–Trinajstić information content (AvgIpc) is 3.15. The minimum Gasteiger partial charge on any atom is -0.351 e. The Labute approximate surface area is 172 Å². The van der Waals surface area contributed by atoms with E-state index in [1.54, 1.807) is 16.2 Å². The molecule has 2 aromatic rings. The zero-order chi connectivity index (χ0) is 20.5. The lowest BCUT2D eigenvalue weighted by atomic mass is 10.1. The van der Waals surface area contributed by atoms with Gasteiger partial charge >= 0.3 is 0 Å². The average molecular weight is 406 g/mol. The molecule has 6 nitrogen and oxygen atoms in total. The van der Waals surface area contributed by atoms with Gasteiger partial charge < -0.3 is 19.7 Å². The molecule has 3 rings (SSSR count). The van der Waals surface area contributed by atoms with Gasteiger partial charge in [0, 0.05) is 34.9 Å². The Hall–Kier alpha value is -1.70. The molecule has 1 aliphatic rings. The molecular weight excluding hydrogens is 370 g/mol. The summed E-state index contributed by atoms with van der Waals surface area (Å²) in [5.41, 5.74) is 4.73. The smallest absolute Gasteiger partial charge is 0.275 e. The second kappa shape index (κ2) is 8.35. The maximum absolute atomic E-state index is 12.1. The van der Waals surface area contributed by atoms with Crippen molar-refractivity contribution in [2.24, 2.45) is 7.05 Å². The second-order valence-electron chi connectivity index (χ2n) is 9.12. The van der Waals surface area contributed by atoms with Gasteiger partial charge in [-0.05, 0) is 40.7 Å². The molecule has 154 valence electrons. The Morgan fingerprint density at radius 1 is 1.21 bits per heavy atom. The summed E-state index contributed by atoms with van der Waals surface area (Å²) >= 11 is 1.77. The summed E-state index contributed by atoms with van der Waals surface area (Å²) in [4.78, 5) is 20.0. The van der Waals surface area contributed by atoms with Crippen LogP contribution in [0.1, 0.15) is 37.2 Å². The fraction of sp³-hybridized carbons (Fsp3) is 0.619. The Kier molecular flexibility index (Phi) is 6.27. The Morgan fingerprint density at radius 3 is 2.43 bits per heavy atom. The first-order valence-electron chi connectivity index (χ1n) is 10.2. The molecule has 0 unspecified atom stereocenters. The molecule has 0 aliphatic carbocycles. The van der Waals surface area contributed by atoms with Gasteiger partial charge in [-0.2, -0.15) is 0 Å². The minimum absolute atomic E-state index is 0.151. The van der Waals surface area contributed by atoms with Crippen molar-refractivity contribution < 1.29 is 14.6 Å². The van der Waals surface area contributed by atoms with E-state index in [9.17, 15) is 4.79 Å². The number of hydrogen-bond acceptors (Lipinski definition) is 3. The number of carbonyl (C=O) groups excluding carboxylic acids is 1. The van der Waals surface area contributed by atoms with Crippen LogP contribution in [0.2, 0.25) is 0 Å². The first kappa shape index (κ1) is 21.0. The van der Waals surface area contributed by atoms with Crippen LogP contribution in [0.4, 0.5) is 0 Å². The van der Waals surface area contributed by atoms with E-state index in [2.05, 4.69) is 42.2 Å². The molecule has 1 amide bonds. The maximum atomic E-state index is 12.1. The number of piperazine rings is 1. The zero-order valence-corrected chi connectivity index (χ0v) is 18.9. The van der Waals surface area contributed by atoms with Crippen molar-refractivity contribution in [3.05, 3.63) is 27.8 Å². The SMILES string of the molecule is Cc1cc(-c2csc(C[NH+]3CC[NH+](CC(=O)NC(C)(C)C)CC3)n2)c(C)n1C. The van der Waals surface area contributed by atoms with Crippen molar-refractivity contribution in [1.29, 1.82) is 0 Å². The number of nitrogens with one attached hydrogen (secondary N) is 3. The summed E-state index contributed by atoms with van der Waals surface area (Å²) in [6.45, 7) is 16.2. The molecule has 3 N–H and O–H groups in total. The van der Waals surface area contributed by atoms with Crippen molar-refractivity contribution in [3.8, 4) is 11.3 Å². The Balaban J connectivity index is 1.51. The fourth-order valence-corrected chi connectivity index (χ4v) is 4.71. The van der Waals surface area contributed by atoms with Crippen molar-refractivity contribution in [3.63, 3.8) is 0 Å². The summed E-state index contributed by atoms with van der Waals surface area (Å²) in [7, 11) is 2.11. The monoisotopic (exact) mass is 405 g/mol. The fourth-order valence-electron chi connectivity index (χ4n) is 3.84. The predicted octanol–water partition coefficient (Wildman–Crippen LogP) is -0.0365. The van der Waals surface area contributed by atoms with Gasteiger partial charge in [0.1, 0.15) is 37.7 Å². The molecule has 3 heterocycles. The lowest BCUT2D eigenvalue weighted by Crippen LogP contribution is -3.28. The van der Waals surface area contributed by atoms with Crippen molar-refractivity contribution in [2.45, 2.75) is 46.7 Å². The highest BCUT2D eigenvalue weighted by Crippen LogP contribution is 2.27. The molecule has 0 spiro atoms. The van der Waals surface area contributed by atoms with E-state index in [1.165, 1.54) is 26.9 Å². The van der Waals surface area contributed by atoms with E-state index in [-0.39, 0.29) is 11.4 Å². The van der Waals surface area contributed by atoms with Crippen molar-refractivity contribution in [1.82, 2.24) is 14.9 Å². The standard InChI is InChI=1S/C21H33N5OS/c1-15-11-17(16(2)24(15)6)18-14-28-20(22-18)13-26-9-7-25(8-10-26)12-19(27)23-21(3,4)5/h11,14H,7-10,12-13H2,1-6H3,(H,23,27)/p+2. The van der Waals surface area contributed by atoms with Crippen LogP contribution in [-0.4, -0.2) is 53.7 Å². The van der Waals surface area contributed by atoms with Crippen LogP contribution in [0, 0.1) is 13.8 Å². The third-order valence-electron chi connectivity index (χ3n) is 5.59. The van der Waals surface area contributed by atoms with E-state index in [0.717, 1.165) is 38.4 Å². The van der Waals surface area contributed by atoms with Gasteiger partial charge in [0.05, 0.1) is 5.69 Å². The number of nitrogens with zero attached hydrogens (tertiary/aromatic N) is 2. The molecule has 1 fully saturated rings. The molecule has 0 aromatic carbocycles. The Morgan fingerprint density at radius 2 is 1.86 bits per heavy atom. The predicted molar refractivity (Wildman–Crippen MR) is 114 cm³/mol. The van der Waals surface area contributed by atoms with Gasteiger partial charge in [0.25, 0.3) is 5.91 Å². The van der Waals surface area contributed by atoms with Gasteiger partial charge in [-0.25, -0.2) is 4.98 Å². The number of aryl methyl sites for hydroxylation is 1. The summed E-state index contributed by atoms with van der Waals surface area (Å²) in [5.74, 6) is 0.157.